The molecule has 10 heteroatoms. The second-order valence-corrected chi connectivity index (χ2v) is 5.89. The van der Waals surface area contributed by atoms with Crippen LogP contribution in [0.5, 0.6) is 0 Å². The first-order valence-electron chi connectivity index (χ1n) is 8.15. The van der Waals surface area contributed by atoms with Gasteiger partial charge in [0.1, 0.15) is 6.10 Å². The van der Waals surface area contributed by atoms with E-state index in [1.165, 1.54) is 18.3 Å². The lowest BCUT2D eigenvalue weighted by Crippen LogP contribution is -2.54. The van der Waals surface area contributed by atoms with E-state index in [4.69, 9.17) is 10.5 Å². The van der Waals surface area contributed by atoms with Crippen LogP contribution in [0.1, 0.15) is 12.8 Å². The molecule has 25 heavy (non-hydrogen) atoms. The molecule has 0 bridgehead atoms. The van der Waals surface area contributed by atoms with Crippen LogP contribution in [0.25, 0.3) is 0 Å². The molecule has 3 heterocycles. The SMILES string of the molecule is N/C(=N\c1ncccc1[N+](=O)[O-])N1CCN(C(=O)C2CCCO2)CC1. The Labute approximate surface area is 144 Å². The van der Waals surface area contributed by atoms with Crippen LogP contribution in [0.15, 0.2) is 23.3 Å². The third-order valence-electron chi connectivity index (χ3n) is 4.30. The fourth-order valence-corrected chi connectivity index (χ4v) is 2.93. The smallest absolute Gasteiger partial charge is 0.313 e. The Kier molecular flexibility index (Phi) is 5.08. The van der Waals surface area contributed by atoms with Gasteiger partial charge in [0, 0.05) is 45.0 Å². The highest BCUT2D eigenvalue weighted by atomic mass is 16.6. The maximum atomic E-state index is 12.3. The Bertz CT molecular complexity index is 680. The fourth-order valence-electron chi connectivity index (χ4n) is 2.93. The number of carbonyl (C=O) groups excluding carboxylic acids is 1. The molecule has 0 spiro atoms. The zero-order chi connectivity index (χ0) is 17.8. The summed E-state index contributed by atoms with van der Waals surface area (Å²) in [4.78, 5) is 34.3. The summed E-state index contributed by atoms with van der Waals surface area (Å²) in [5.74, 6) is 0.155. The molecule has 1 aromatic heterocycles. The Hall–Kier alpha value is -2.75. The Balaban J connectivity index is 1.62. The van der Waals surface area contributed by atoms with Gasteiger partial charge in [0.25, 0.3) is 5.91 Å². The van der Waals surface area contributed by atoms with Crippen molar-refractivity contribution in [1.29, 1.82) is 0 Å². The third-order valence-corrected chi connectivity index (χ3v) is 4.30. The van der Waals surface area contributed by atoms with Crippen LogP contribution in [0.2, 0.25) is 0 Å². The number of guanidine groups is 1. The molecule has 2 aliphatic heterocycles. The van der Waals surface area contributed by atoms with E-state index in [9.17, 15) is 14.9 Å². The van der Waals surface area contributed by atoms with E-state index in [0.717, 1.165) is 12.8 Å². The highest BCUT2D eigenvalue weighted by molar-refractivity contribution is 5.83. The molecule has 2 saturated heterocycles. The summed E-state index contributed by atoms with van der Waals surface area (Å²) >= 11 is 0. The molecular formula is C15H20N6O4. The number of nitrogens with two attached hydrogens (primary N) is 1. The van der Waals surface area contributed by atoms with E-state index in [0.29, 0.717) is 32.8 Å². The van der Waals surface area contributed by atoms with Crippen molar-refractivity contribution in [3.8, 4) is 0 Å². The third kappa shape index (κ3) is 3.85. The number of hydrogen-bond acceptors (Lipinski definition) is 6. The van der Waals surface area contributed by atoms with Crippen molar-refractivity contribution in [1.82, 2.24) is 14.8 Å². The molecule has 1 amide bonds. The van der Waals surface area contributed by atoms with E-state index >= 15 is 0 Å². The van der Waals surface area contributed by atoms with Gasteiger partial charge in [-0.15, -0.1) is 0 Å². The molecule has 1 aromatic rings. The predicted octanol–water partition coefficient (Wildman–Crippen LogP) is 0.259. The molecular weight excluding hydrogens is 328 g/mol. The minimum Gasteiger partial charge on any atom is -0.369 e. The molecule has 1 unspecified atom stereocenters. The number of ether oxygens (including phenoxy) is 1. The molecule has 0 saturated carbocycles. The molecule has 134 valence electrons. The number of carbonyl (C=O) groups is 1. The minimum absolute atomic E-state index is 0.0213. The molecule has 2 fully saturated rings. The van der Waals surface area contributed by atoms with Gasteiger partial charge in [-0.25, -0.2) is 4.98 Å². The zero-order valence-electron chi connectivity index (χ0n) is 13.7. The Morgan fingerprint density at radius 2 is 2.08 bits per heavy atom. The maximum Gasteiger partial charge on any atom is 0.313 e. The number of hydrogen-bond donors (Lipinski definition) is 1. The molecule has 3 rings (SSSR count). The van der Waals surface area contributed by atoms with Gasteiger partial charge in [0.2, 0.25) is 5.82 Å². The summed E-state index contributed by atoms with van der Waals surface area (Å²) in [6.07, 6.45) is 2.79. The van der Waals surface area contributed by atoms with Gasteiger partial charge in [-0.3, -0.25) is 14.9 Å². The summed E-state index contributed by atoms with van der Waals surface area (Å²) in [5.41, 5.74) is 5.78. The number of aliphatic imine (C=N–C) groups is 1. The first-order chi connectivity index (χ1) is 12.1. The highest BCUT2D eigenvalue weighted by Crippen LogP contribution is 2.23. The number of pyridine rings is 1. The van der Waals surface area contributed by atoms with Crippen molar-refractivity contribution >= 4 is 23.4 Å². The van der Waals surface area contributed by atoms with Crippen molar-refractivity contribution in [3.05, 3.63) is 28.4 Å². The number of aromatic nitrogens is 1. The first kappa shape index (κ1) is 17.1. The van der Waals surface area contributed by atoms with E-state index in [1.54, 1.807) is 9.80 Å². The summed E-state index contributed by atoms with van der Waals surface area (Å²) in [6.45, 7) is 2.68. The molecule has 2 N–H and O–H groups in total. The Morgan fingerprint density at radius 1 is 1.36 bits per heavy atom. The molecule has 0 aromatic carbocycles. The molecule has 10 nitrogen and oxygen atoms in total. The summed E-state index contributed by atoms with van der Waals surface area (Å²) < 4.78 is 5.43. The van der Waals surface area contributed by atoms with E-state index in [2.05, 4.69) is 9.98 Å². The lowest BCUT2D eigenvalue weighted by molar-refractivity contribution is -0.384. The average Bonchev–Trinajstić information content (AvgIpc) is 3.16. The lowest BCUT2D eigenvalue weighted by atomic mass is 10.2. The van der Waals surface area contributed by atoms with Gasteiger partial charge >= 0.3 is 5.69 Å². The van der Waals surface area contributed by atoms with Crippen molar-refractivity contribution in [2.24, 2.45) is 10.7 Å². The number of nitro groups is 1. The first-order valence-corrected chi connectivity index (χ1v) is 8.15. The Morgan fingerprint density at radius 3 is 2.72 bits per heavy atom. The predicted molar refractivity (Wildman–Crippen MR) is 89.3 cm³/mol. The van der Waals surface area contributed by atoms with Crippen LogP contribution in [0, 0.1) is 10.1 Å². The number of nitrogens with zero attached hydrogens (tertiary/aromatic N) is 5. The van der Waals surface area contributed by atoms with E-state index < -0.39 is 4.92 Å². The minimum atomic E-state index is -0.544. The van der Waals surface area contributed by atoms with Gasteiger partial charge in [-0.05, 0) is 18.9 Å². The summed E-state index contributed by atoms with van der Waals surface area (Å²) in [6, 6.07) is 2.81. The van der Waals surface area contributed by atoms with Crippen LogP contribution < -0.4 is 5.73 Å². The van der Waals surface area contributed by atoms with Gasteiger partial charge in [0.15, 0.2) is 5.96 Å². The number of piperazine rings is 1. The van der Waals surface area contributed by atoms with Gasteiger partial charge in [-0.2, -0.15) is 4.99 Å². The number of rotatable bonds is 3. The van der Waals surface area contributed by atoms with Gasteiger partial charge in [0.05, 0.1) is 4.92 Å². The molecule has 0 aliphatic carbocycles. The van der Waals surface area contributed by atoms with Gasteiger partial charge < -0.3 is 20.3 Å². The fraction of sp³-hybridized carbons (Fsp3) is 0.533. The standard InChI is InChI=1S/C15H20N6O4/c16-15(18-13-11(21(23)24)3-1-5-17-13)20-8-6-19(7-9-20)14(22)12-4-2-10-25-12/h1,3,5,12H,2,4,6-10H2,(H2,16,17,18). The van der Waals surface area contributed by atoms with E-state index in [1.807, 2.05) is 0 Å². The second-order valence-electron chi connectivity index (χ2n) is 5.89. The van der Waals surface area contributed by atoms with Crippen LogP contribution in [0.3, 0.4) is 0 Å². The summed E-state index contributed by atoms with van der Waals surface area (Å²) in [5, 5.41) is 11.0. The largest absolute Gasteiger partial charge is 0.369 e. The molecule has 2 aliphatic rings. The lowest BCUT2D eigenvalue weighted by Gasteiger charge is -2.36. The topological polar surface area (TPSA) is 127 Å². The van der Waals surface area contributed by atoms with Gasteiger partial charge in [-0.1, -0.05) is 0 Å². The quantitative estimate of drug-likeness (QED) is 0.359. The average molecular weight is 348 g/mol. The molecule has 1 atom stereocenters. The van der Waals surface area contributed by atoms with Crippen molar-refractivity contribution < 1.29 is 14.5 Å². The zero-order valence-corrected chi connectivity index (χ0v) is 13.7. The monoisotopic (exact) mass is 348 g/mol. The van der Waals surface area contributed by atoms with Crippen LogP contribution >= 0.6 is 0 Å². The van der Waals surface area contributed by atoms with E-state index in [-0.39, 0.29) is 29.5 Å². The number of amides is 1. The highest BCUT2D eigenvalue weighted by Gasteiger charge is 2.30. The van der Waals surface area contributed by atoms with Crippen LogP contribution in [0.4, 0.5) is 11.5 Å². The van der Waals surface area contributed by atoms with Crippen molar-refractivity contribution in [2.45, 2.75) is 18.9 Å². The van der Waals surface area contributed by atoms with Crippen LogP contribution in [-0.2, 0) is 9.53 Å². The van der Waals surface area contributed by atoms with Crippen LogP contribution in [-0.4, -0.2) is 70.5 Å². The summed E-state index contributed by atoms with van der Waals surface area (Å²) in [7, 11) is 0. The van der Waals surface area contributed by atoms with Crippen molar-refractivity contribution in [2.75, 3.05) is 32.8 Å². The maximum absolute atomic E-state index is 12.3. The van der Waals surface area contributed by atoms with Crippen molar-refractivity contribution in [3.63, 3.8) is 0 Å². The normalized spacial score (nSPS) is 21.4. The molecule has 0 radical (unpaired) electrons. The second kappa shape index (κ2) is 7.43.